The fraction of sp³-hybridized carbons (Fsp3) is 0.538. The van der Waals surface area contributed by atoms with Gasteiger partial charge in [0.15, 0.2) is 11.2 Å². The zero-order valence-electron chi connectivity index (χ0n) is 11.5. The molecule has 0 unspecified atom stereocenters. The van der Waals surface area contributed by atoms with E-state index >= 15 is 0 Å². The molecule has 0 spiro atoms. The van der Waals surface area contributed by atoms with E-state index in [2.05, 4.69) is 19.9 Å². The Labute approximate surface area is 124 Å². The smallest absolute Gasteiger partial charge is 0.248 e. The molecule has 2 heterocycles. The summed E-state index contributed by atoms with van der Waals surface area (Å²) in [6.07, 6.45) is -0.318. The fourth-order valence-electron chi connectivity index (χ4n) is 2.26. The molecule has 1 aliphatic rings. The molecule has 0 amide bonds. The van der Waals surface area contributed by atoms with Crippen molar-refractivity contribution in [3.8, 4) is 5.88 Å². The molecular weight excluding hydrogens is 302 g/mol. The van der Waals surface area contributed by atoms with Crippen LogP contribution in [0.15, 0.2) is 0 Å². The fourth-order valence-corrected chi connectivity index (χ4v) is 2.42. The van der Waals surface area contributed by atoms with Gasteiger partial charge in [-0.2, -0.15) is 9.97 Å². The average molecular weight is 315 g/mol. The molecule has 0 aromatic carbocycles. The second-order valence-electron chi connectivity index (χ2n) is 5.31. The van der Waals surface area contributed by atoms with Crippen molar-refractivity contribution in [2.45, 2.75) is 32.6 Å². The number of fused-ring (bicyclic) bond motifs is 1. The Morgan fingerprint density at radius 2 is 1.81 bits per heavy atom. The summed E-state index contributed by atoms with van der Waals surface area (Å²) in [4.78, 5) is 16.6. The van der Waals surface area contributed by atoms with Crippen LogP contribution in [0, 0.1) is 19.8 Å². The highest BCUT2D eigenvalue weighted by Gasteiger charge is 2.45. The minimum atomic E-state index is -2.56. The van der Waals surface area contributed by atoms with Gasteiger partial charge >= 0.3 is 0 Å². The summed E-state index contributed by atoms with van der Waals surface area (Å²) in [5.74, 6) is -2.55. The van der Waals surface area contributed by atoms with Crippen LogP contribution < -0.4 is 4.74 Å². The number of halogens is 3. The van der Waals surface area contributed by atoms with Gasteiger partial charge in [0, 0.05) is 18.8 Å². The SMILES string of the molecule is Cc1nc2nc(Cl)nc(OCC3CC(F)(F)C3)c2nc1C. The molecule has 1 fully saturated rings. The maximum atomic E-state index is 12.8. The number of nitrogens with zero attached hydrogens (tertiary/aromatic N) is 4. The summed E-state index contributed by atoms with van der Waals surface area (Å²) in [5.41, 5.74) is 2.20. The maximum absolute atomic E-state index is 12.8. The maximum Gasteiger partial charge on any atom is 0.248 e. The highest BCUT2D eigenvalue weighted by Crippen LogP contribution is 2.42. The minimum absolute atomic E-state index is 0.00556. The van der Waals surface area contributed by atoms with Crippen molar-refractivity contribution in [3.63, 3.8) is 0 Å². The van der Waals surface area contributed by atoms with Gasteiger partial charge in [-0.1, -0.05) is 0 Å². The number of hydrogen-bond donors (Lipinski definition) is 0. The number of aryl methyl sites for hydroxylation is 2. The molecule has 2 aromatic rings. The van der Waals surface area contributed by atoms with E-state index in [1.807, 2.05) is 13.8 Å². The first-order valence-corrected chi connectivity index (χ1v) is 6.91. The Balaban J connectivity index is 1.85. The molecule has 0 N–H and O–H groups in total. The molecule has 5 nitrogen and oxygen atoms in total. The largest absolute Gasteiger partial charge is 0.476 e. The highest BCUT2D eigenvalue weighted by atomic mass is 35.5. The lowest BCUT2D eigenvalue weighted by molar-refractivity contribution is -0.119. The molecule has 112 valence electrons. The van der Waals surface area contributed by atoms with Crippen molar-refractivity contribution in [3.05, 3.63) is 16.7 Å². The van der Waals surface area contributed by atoms with Crippen LogP contribution in [0.3, 0.4) is 0 Å². The van der Waals surface area contributed by atoms with E-state index < -0.39 is 5.92 Å². The highest BCUT2D eigenvalue weighted by molar-refractivity contribution is 6.28. The Hall–Kier alpha value is -1.63. The van der Waals surface area contributed by atoms with E-state index in [0.29, 0.717) is 11.2 Å². The normalized spacial score (nSPS) is 17.8. The van der Waals surface area contributed by atoms with E-state index in [4.69, 9.17) is 16.3 Å². The summed E-state index contributed by atoms with van der Waals surface area (Å²) in [6, 6.07) is 0. The van der Waals surface area contributed by atoms with Crippen LogP contribution in [-0.2, 0) is 0 Å². The van der Waals surface area contributed by atoms with Gasteiger partial charge in [0.25, 0.3) is 0 Å². The monoisotopic (exact) mass is 314 g/mol. The van der Waals surface area contributed by atoms with Gasteiger partial charge < -0.3 is 4.74 Å². The van der Waals surface area contributed by atoms with Gasteiger partial charge in [-0.25, -0.2) is 18.7 Å². The topological polar surface area (TPSA) is 60.8 Å². The minimum Gasteiger partial charge on any atom is -0.476 e. The summed E-state index contributed by atoms with van der Waals surface area (Å²) in [6.45, 7) is 3.79. The number of hydrogen-bond acceptors (Lipinski definition) is 5. The second-order valence-corrected chi connectivity index (χ2v) is 5.64. The summed E-state index contributed by atoms with van der Waals surface area (Å²) < 4.78 is 31.1. The van der Waals surface area contributed by atoms with Gasteiger partial charge in [-0.05, 0) is 25.4 Å². The summed E-state index contributed by atoms with van der Waals surface area (Å²) >= 11 is 5.83. The third-order valence-corrected chi connectivity index (χ3v) is 3.68. The number of rotatable bonds is 3. The van der Waals surface area contributed by atoms with Crippen molar-refractivity contribution in [1.82, 2.24) is 19.9 Å². The van der Waals surface area contributed by atoms with E-state index in [-0.39, 0.29) is 36.5 Å². The van der Waals surface area contributed by atoms with E-state index in [1.54, 1.807) is 0 Å². The zero-order chi connectivity index (χ0) is 15.2. The zero-order valence-corrected chi connectivity index (χ0v) is 12.3. The molecule has 2 aromatic heterocycles. The van der Waals surface area contributed by atoms with Crippen LogP contribution in [0.2, 0.25) is 5.28 Å². The van der Waals surface area contributed by atoms with Gasteiger partial charge in [0.1, 0.15) is 0 Å². The first kappa shape index (κ1) is 14.3. The molecule has 8 heteroatoms. The Kier molecular flexibility index (Phi) is 3.39. The third kappa shape index (κ3) is 2.88. The summed E-state index contributed by atoms with van der Waals surface area (Å²) in [5, 5.41) is -0.00556. The Bertz CT molecular complexity index is 702. The van der Waals surface area contributed by atoms with Gasteiger partial charge in [-0.15, -0.1) is 0 Å². The van der Waals surface area contributed by atoms with Crippen molar-refractivity contribution in [2.75, 3.05) is 6.61 Å². The molecule has 0 atom stereocenters. The quantitative estimate of drug-likeness (QED) is 0.815. The van der Waals surface area contributed by atoms with Gasteiger partial charge in [0.2, 0.25) is 17.1 Å². The molecule has 21 heavy (non-hydrogen) atoms. The van der Waals surface area contributed by atoms with Crippen molar-refractivity contribution in [1.29, 1.82) is 0 Å². The lowest BCUT2D eigenvalue weighted by atomic mass is 9.82. The molecule has 3 rings (SSSR count). The lowest BCUT2D eigenvalue weighted by Gasteiger charge is -2.34. The predicted octanol–water partition coefficient (Wildman–Crippen LogP) is 3.11. The Morgan fingerprint density at radius 3 is 2.48 bits per heavy atom. The standard InChI is InChI=1S/C13H13ClF2N4O/c1-6-7(2)18-10-9(17-6)11(20-12(14)19-10)21-5-8-3-13(15,16)4-8/h8H,3-5H2,1-2H3. The third-order valence-electron chi connectivity index (χ3n) is 3.51. The van der Waals surface area contributed by atoms with Gasteiger partial charge in [0.05, 0.1) is 18.0 Å². The van der Waals surface area contributed by atoms with Crippen LogP contribution in [0.25, 0.3) is 11.2 Å². The van der Waals surface area contributed by atoms with Crippen LogP contribution in [0.4, 0.5) is 8.78 Å². The average Bonchev–Trinajstić information content (AvgIpc) is 2.35. The number of alkyl halides is 2. The molecule has 0 radical (unpaired) electrons. The van der Waals surface area contributed by atoms with Crippen LogP contribution in [0.1, 0.15) is 24.2 Å². The van der Waals surface area contributed by atoms with Crippen molar-refractivity contribution in [2.24, 2.45) is 5.92 Å². The van der Waals surface area contributed by atoms with Crippen LogP contribution >= 0.6 is 11.6 Å². The molecule has 0 bridgehead atoms. The Morgan fingerprint density at radius 1 is 1.14 bits per heavy atom. The van der Waals surface area contributed by atoms with Crippen molar-refractivity contribution < 1.29 is 13.5 Å². The first-order valence-electron chi connectivity index (χ1n) is 6.53. The van der Waals surface area contributed by atoms with Crippen molar-refractivity contribution >= 4 is 22.8 Å². The molecule has 0 aliphatic heterocycles. The molecule has 1 aliphatic carbocycles. The molecule has 0 saturated heterocycles. The van der Waals surface area contributed by atoms with Gasteiger partial charge in [-0.3, -0.25) is 0 Å². The van der Waals surface area contributed by atoms with E-state index in [0.717, 1.165) is 11.4 Å². The summed E-state index contributed by atoms with van der Waals surface area (Å²) in [7, 11) is 0. The second kappa shape index (κ2) is 4.98. The number of aromatic nitrogens is 4. The predicted molar refractivity (Wildman–Crippen MR) is 72.8 cm³/mol. The first-order chi connectivity index (χ1) is 9.84. The van der Waals surface area contributed by atoms with E-state index in [9.17, 15) is 8.78 Å². The van der Waals surface area contributed by atoms with E-state index in [1.165, 1.54) is 0 Å². The molecule has 1 saturated carbocycles. The number of ether oxygens (including phenoxy) is 1. The van der Waals surface area contributed by atoms with Crippen LogP contribution in [-0.4, -0.2) is 32.5 Å². The lowest BCUT2D eigenvalue weighted by Crippen LogP contribution is -2.38. The molecular formula is C13H13ClF2N4O. The van der Waals surface area contributed by atoms with Crippen LogP contribution in [0.5, 0.6) is 5.88 Å².